The van der Waals surface area contributed by atoms with Crippen molar-refractivity contribution in [2.24, 2.45) is 11.8 Å². The summed E-state index contributed by atoms with van der Waals surface area (Å²) in [5.41, 5.74) is 1.26. The standard InChI is InChI=1S/C23H24FN3O4/c24-17-6-7-19-20(12-17)26-21(25-19)10-16-13-27(9-8-15(16)11-23(29)30)22(28)14-31-18-4-2-1-3-5-18/h1-7,12,15-16H,8-11,13-14H2,(H,25,26)(H,29,30)/t15-,16-/m0/s1. The van der Waals surface area contributed by atoms with Gasteiger partial charge < -0.3 is 19.7 Å². The molecule has 0 bridgehead atoms. The normalized spacial score (nSPS) is 18.8. The van der Waals surface area contributed by atoms with Gasteiger partial charge in [-0.1, -0.05) is 18.2 Å². The number of nitrogens with one attached hydrogen (secondary N) is 1. The zero-order chi connectivity index (χ0) is 21.8. The maximum atomic E-state index is 13.5. The number of likely N-dealkylation sites (tertiary alicyclic amines) is 1. The Labute approximate surface area is 178 Å². The van der Waals surface area contributed by atoms with Crippen LogP contribution in [0, 0.1) is 17.7 Å². The molecule has 2 heterocycles. The van der Waals surface area contributed by atoms with Gasteiger partial charge in [0.15, 0.2) is 6.61 Å². The number of ether oxygens (including phenoxy) is 1. The summed E-state index contributed by atoms with van der Waals surface area (Å²) in [6.45, 7) is 0.862. The first-order valence-electron chi connectivity index (χ1n) is 10.3. The largest absolute Gasteiger partial charge is 0.484 e. The van der Waals surface area contributed by atoms with Crippen LogP contribution in [0.1, 0.15) is 18.7 Å². The molecule has 1 amide bonds. The zero-order valence-corrected chi connectivity index (χ0v) is 17.0. The zero-order valence-electron chi connectivity index (χ0n) is 17.0. The lowest BCUT2D eigenvalue weighted by atomic mass is 9.81. The average Bonchev–Trinajstić information content (AvgIpc) is 3.15. The van der Waals surface area contributed by atoms with Crippen molar-refractivity contribution in [2.45, 2.75) is 19.3 Å². The van der Waals surface area contributed by atoms with Crippen molar-refractivity contribution in [1.82, 2.24) is 14.9 Å². The van der Waals surface area contributed by atoms with E-state index in [1.165, 1.54) is 12.1 Å². The number of para-hydroxylation sites is 1. The molecule has 7 nitrogen and oxygen atoms in total. The molecule has 31 heavy (non-hydrogen) atoms. The summed E-state index contributed by atoms with van der Waals surface area (Å²) in [6.07, 6.45) is 1.13. The first-order valence-corrected chi connectivity index (χ1v) is 10.3. The Bertz CT molecular complexity index is 1070. The molecule has 4 rings (SSSR count). The van der Waals surface area contributed by atoms with Gasteiger partial charge in [-0.05, 0) is 48.6 Å². The summed E-state index contributed by atoms with van der Waals surface area (Å²) in [6, 6.07) is 13.5. The second-order valence-corrected chi connectivity index (χ2v) is 7.90. The number of aliphatic carboxylic acids is 1. The number of piperidine rings is 1. The summed E-state index contributed by atoms with van der Waals surface area (Å²) in [5.74, 6) is -0.182. The van der Waals surface area contributed by atoms with Gasteiger partial charge in [0.25, 0.3) is 5.91 Å². The molecule has 1 saturated heterocycles. The summed E-state index contributed by atoms with van der Waals surface area (Å²) < 4.78 is 19.1. The van der Waals surface area contributed by atoms with Gasteiger partial charge in [0.2, 0.25) is 0 Å². The Balaban J connectivity index is 1.45. The fourth-order valence-electron chi connectivity index (χ4n) is 4.16. The van der Waals surface area contributed by atoms with Crippen LogP contribution in [0.4, 0.5) is 4.39 Å². The highest BCUT2D eigenvalue weighted by atomic mass is 19.1. The molecular weight excluding hydrogens is 401 g/mol. The van der Waals surface area contributed by atoms with Crippen LogP contribution in [0.2, 0.25) is 0 Å². The van der Waals surface area contributed by atoms with E-state index in [1.807, 2.05) is 18.2 Å². The van der Waals surface area contributed by atoms with E-state index in [9.17, 15) is 19.1 Å². The van der Waals surface area contributed by atoms with Crippen LogP contribution < -0.4 is 4.74 Å². The number of aromatic nitrogens is 2. The lowest BCUT2D eigenvalue weighted by Crippen LogP contribution is -2.46. The number of nitrogens with zero attached hydrogens (tertiary/aromatic N) is 2. The minimum atomic E-state index is -0.853. The maximum Gasteiger partial charge on any atom is 0.303 e. The number of fused-ring (bicyclic) bond motifs is 1. The van der Waals surface area contributed by atoms with E-state index in [0.29, 0.717) is 48.5 Å². The highest BCUT2D eigenvalue weighted by Crippen LogP contribution is 2.30. The second kappa shape index (κ2) is 9.16. The van der Waals surface area contributed by atoms with Gasteiger partial charge in [-0.3, -0.25) is 9.59 Å². The molecular formula is C23H24FN3O4. The number of carboxylic acids is 1. The number of imidazole rings is 1. The van der Waals surface area contributed by atoms with E-state index < -0.39 is 5.97 Å². The lowest BCUT2D eigenvalue weighted by Gasteiger charge is -2.38. The highest BCUT2D eigenvalue weighted by molar-refractivity contribution is 5.78. The first-order chi connectivity index (χ1) is 15.0. The third kappa shape index (κ3) is 5.20. The number of rotatable bonds is 7. The van der Waals surface area contributed by atoms with Crippen molar-refractivity contribution in [3.63, 3.8) is 0 Å². The first kappa shape index (κ1) is 20.8. The number of carbonyl (C=O) groups excluding carboxylic acids is 1. The summed E-state index contributed by atoms with van der Waals surface area (Å²) in [4.78, 5) is 33.4. The van der Waals surface area contributed by atoms with Gasteiger partial charge >= 0.3 is 5.97 Å². The van der Waals surface area contributed by atoms with Crippen LogP contribution in [-0.2, 0) is 16.0 Å². The fraction of sp³-hybridized carbons (Fsp3) is 0.348. The summed E-state index contributed by atoms with van der Waals surface area (Å²) >= 11 is 0. The summed E-state index contributed by atoms with van der Waals surface area (Å²) in [7, 11) is 0. The number of H-pyrrole nitrogens is 1. The maximum absolute atomic E-state index is 13.5. The Morgan fingerprint density at radius 2 is 2.00 bits per heavy atom. The predicted octanol–water partition coefficient (Wildman–Crippen LogP) is 3.26. The molecule has 1 aromatic heterocycles. The number of benzene rings is 2. The van der Waals surface area contributed by atoms with Crippen molar-refractivity contribution in [3.8, 4) is 5.75 Å². The minimum Gasteiger partial charge on any atom is -0.484 e. The van der Waals surface area contributed by atoms with Gasteiger partial charge in [-0.2, -0.15) is 0 Å². The van der Waals surface area contributed by atoms with E-state index in [4.69, 9.17) is 4.74 Å². The molecule has 0 radical (unpaired) electrons. The van der Waals surface area contributed by atoms with Crippen molar-refractivity contribution >= 4 is 22.9 Å². The molecule has 8 heteroatoms. The van der Waals surface area contributed by atoms with Crippen LogP contribution in [0.25, 0.3) is 11.0 Å². The van der Waals surface area contributed by atoms with Gasteiger partial charge in [-0.25, -0.2) is 9.37 Å². The van der Waals surface area contributed by atoms with Crippen LogP contribution in [0.5, 0.6) is 5.75 Å². The summed E-state index contributed by atoms with van der Waals surface area (Å²) in [5, 5.41) is 9.31. The SMILES string of the molecule is O=C(O)C[C@@H]1CCN(C(=O)COc2ccccc2)C[C@@H]1Cc1nc2ccc(F)cc2[nH]1. The molecule has 2 atom stereocenters. The van der Waals surface area contributed by atoms with Crippen LogP contribution >= 0.6 is 0 Å². The third-order valence-corrected chi connectivity index (χ3v) is 5.73. The number of hydrogen-bond acceptors (Lipinski definition) is 4. The molecule has 1 aliphatic heterocycles. The van der Waals surface area contributed by atoms with Gasteiger partial charge in [-0.15, -0.1) is 0 Å². The van der Waals surface area contributed by atoms with E-state index >= 15 is 0 Å². The number of halogens is 1. The molecule has 0 spiro atoms. The third-order valence-electron chi connectivity index (χ3n) is 5.73. The quantitative estimate of drug-likeness (QED) is 0.606. The molecule has 0 unspecified atom stereocenters. The Hall–Kier alpha value is -3.42. The van der Waals surface area contributed by atoms with E-state index in [1.54, 1.807) is 23.1 Å². The Morgan fingerprint density at radius 3 is 2.77 bits per heavy atom. The lowest BCUT2D eigenvalue weighted by molar-refractivity contribution is -0.140. The van der Waals surface area contributed by atoms with Gasteiger partial charge in [0.05, 0.1) is 11.0 Å². The second-order valence-electron chi connectivity index (χ2n) is 7.90. The Kier molecular flexibility index (Phi) is 6.16. The monoisotopic (exact) mass is 425 g/mol. The molecule has 2 aromatic carbocycles. The van der Waals surface area contributed by atoms with E-state index in [0.717, 1.165) is 0 Å². The van der Waals surface area contributed by atoms with Crippen molar-refractivity contribution in [1.29, 1.82) is 0 Å². The molecule has 2 N–H and O–H groups in total. The number of carbonyl (C=O) groups is 2. The van der Waals surface area contributed by atoms with Crippen molar-refractivity contribution in [3.05, 3.63) is 60.2 Å². The number of carboxylic acid groups (broad SMARTS) is 1. The molecule has 1 fully saturated rings. The van der Waals surface area contributed by atoms with Gasteiger partial charge in [0.1, 0.15) is 17.4 Å². The van der Waals surface area contributed by atoms with Crippen molar-refractivity contribution < 1.29 is 23.8 Å². The van der Waals surface area contributed by atoms with Crippen LogP contribution in [0.15, 0.2) is 48.5 Å². The van der Waals surface area contributed by atoms with Crippen LogP contribution in [0.3, 0.4) is 0 Å². The number of hydrogen-bond donors (Lipinski definition) is 2. The number of amides is 1. The highest BCUT2D eigenvalue weighted by Gasteiger charge is 2.33. The average molecular weight is 425 g/mol. The molecule has 3 aromatic rings. The smallest absolute Gasteiger partial charge is 0.303 e. The topological polar surface area (TPSA) is 95.5 Å². The molecule has 1 aliphatic rings. The molecule has 162 valence electrons. The van der Waals surface area contributed by atoms with E-state index in [2.05, 4.69) is 9.97 Å². The fourth-order valence-corrected chi connectivity index (χ4v) is 4.16. The van der Waals surface area contributed by atoms with Crippen LogP contribution in [-0.4, -0.2) is 51.5 Å². The van der Waals surface area contributed by atoms with E-state index in [-0.39, 0.29) is 36.6 Å². The number of aromatic amines is 1. The Morgan fingerprint density at radius 1 is 1.19 bits per heavy atom. The van der Waals surface area contributed by atoms with Crippen molar-refractivity contribution in [2.75, 3.05) is 19.7 Å². The molecule has 0 aliphatic carbocycles. The predicted molar refractivity (Wildman–Crippen MR) is 112 cm³/mol. The van der Waals surface area contributed by atoms with Gasteiger partial charge in [0, 0.05) is 25.9 Å². The minimum absolute atomic E-state index is 0.0437. The molecule has 0 saturated carbocycles.